The van der Waals surface area contributed by atoms with E-state index in [1.807, 2.05) is 49.4 Å². The first-order valence-corrected chi connectivity index (χ1v) is 11.3. The van der Waals surface area contributed by atoms with Crippen LogP contribution in [0.1, 0.15) is 34.8 Å². The van der Waals surface area contributed by atoms with Crippen LogP contribution in [0.4, 0.5) is 0 Å². The topological polar surface area (TPSA) is 106 Å². The molecule has 0 saturated heterocycles. The van der Waals surface area contributed by atoms with Crippen molar-refractivity contribution in [1.82, 2.24) is 30.0 Å². The van der Waals surface area contributed by atoms with E-state index in [4.69, 9.17) is 11.6 Å². The Balaban J connectivity index is 1.58. The van der Waals surface area contributed by atoms with Gasteiger partial charge in [-0.2, -0.15) is 5.10 Å². The lowest BCUT2D eigenvalue weighted by Crippen LogP contribution is -2.33. The minimum atomic E-state index is -0.530. The molecule has 9 heteroatoms. The normalized spacial score (nSPS) is 12.0. The summed E-state index contributed by atoms with van der Waals surface area (Å²) in [6.07, 6.45) is 4.89. The number of nitrogens with one attached hydrogen (secondary N) is 2. The van der Waals surface area contributed by atoms with E-state index in [1.54, 1.807) is 42.2 Å². The first-order chi connectivity index (χ1) is 16.9. The summed E-state index contributed by atoms with van der Waals surface area (Å²) in [5.41, 5.74) is 2.98. The van der Waals surface area contributed by atoms with Crippen LogP contribution in [0.15, 0.2) is 78.0 Å². The molecule has 1 atom stereocenters. The van der Waals surface area contributed by atoms with Crippen molar-refractivity contribution < 1.29 is 4.79 Å². The number of nitrogens with zero attached hydrogens (tertiary/aromatic N) is 4. The average Bonchev–Trinajstić information content (AvgIpc) is 3.39. The fraction of sp³-hybridized carbons (Fsp3) is 0.115. The molecule has 1 amide bonds. The third-order valence-electron chi connectivity index (χ3n) is 5.79. The highest BCUT2D eigenvalue weighted by Crippen LogP contribution is 2.26. The van der Waals surface area contributed by atoms with Crippen molar-refractivity contribution in [1.29, 1.82) is 0 Å². The van der Waals surface area contributed by atoms with Crippen molar-refractivity contribution >= 4 is 28.3 Å². The Kier molecular flexibility index (Phi) is 5.88. The van der Waals surface area contributed by atoms with Crippen LogP contribution >= 0.6 is 11.6 Å². The lowest BCUT2D eigenvalue weighted by atomic mass is 10.1. The number of carbonyl (C=O) groups excluding carboxylic acids is 1. The van der Waals surface area contributed by atoms with Crippen LogP contribution in [0.5, 0.6) is 0 Å². The van der Waals surface area contributed by atoms with Gasteiger partial charge in [0.05, 0.1) is 40.2 Å². The molecule has 0 spiro atoms. The average molecular weight is 485 g/mol. The SMILES string of the molecule is Cc1ncc(-c2cn[nH]c2)nc1C(=O)N[C@@H](C)c1cc2cccc(Cl)c2c(=O)n1-c1ccccc1. The molecule has 0 radical (unpaired) electrons. The number of fused-ring (bicyclic) bond motifs is 1. The summed E-state index contributed by atoms with van der Waals surface area (Å²) in [6, 6.07) is 15.9. The Morgan fingerprint density at radius 3 is 2.66 bits per heavy atom. The molecule has 2 N–H and O–H groups in total. The standard InChI is InChI=1S/C26H21ClN6O2/c1-15(31-25(34)24-16(2)28-14-21(32-24)18-12-29-30-13-18)22-11-17-7-6-10-20(27)23(17)26(35)33(22)19-8-4-3-5-9-19/h3-15H,1-2H3,(H,29,30)(H,31,34)/t15-/m0/s1. The minimum absolute atomic E-state index is 0.202. The Labute approximate surface area is 205 Å². The van der Waals surface area contributed by atoms with Crippen molar-refractivity contribution in [2.45, 2.75) is 19.9 Å². The number of H-pyrrole nitrogens is 1. The number of aromatic amines is 1. The second-order valence-corrected chi connectivity index (χ2v) is 8.53. The lowest BCUT2D eigenvalue weighted by Gasteiger charge is -2.21. The van der Waals surface area contributed by atoms with Gasteiger partial charge < -0.3 is 5.32 Å². The molecule has 5 rings (SSSR count). The summed E-state index contributed by atoms with van der Waals surface area (Å²) in [6.45, 7) is 3.55. The van der Waals surface area contributed by atoms with Crippen LogP contribution < -0.4 is 10.9 Å². The predicted octanol–water partition coefficient (Wildman–Crippen LogP) is 4.62. The molecule has 35 heavy (non-hydrogen) atoms. The number of para-hydroxylation sites is 1. The van der Waals surface area contributed by atoms with E-state index in [2.05, 4.69) is 25.5 Å². The molecule has 0 aliphatic rings. The Hall–Kier alpha value is -4.30. The molecule has 0 fully saturated rings. The van der Waals surface area contributed by atoms with Gasteiger partial charge >= 0.3 is 0 Å². The molecule has 2 aromatic carbocycles. The Bertz CT molecular complexity index is 1600. The zero-order valence-corrected chi connectivity index (χ0v) is 19.7. The molecular weight excluding hydrogens is 464 g/mol. The van der Waals surface area contributed by atoms with Crippen molar-refractivity contribution in [2.75, 3.05) is 0 Å². The van der Waals surface area contributed by atoms with Gasteiger partial charge in [0.1, 0.15) is 5.69 Å². The number of amides is 1. The molecule has 174 valence electrons. The van der Waals surface area contributed by atoms with Gasteiger partial charge in [0.25, 0.3) is 11.5 Å². The van der Waals surface area contributed by atoms with E-state index in [1.165, 1.54) is 0 Å². The number of pyridine rings is 1. The number of hydrogen-bond donors (Lipinski definition) is 2. The van der Waals surface area contributed by atoms with Gasteiger partial charge in [0.15, 0.2) is 0 Å². The van der Waals surface area contributed by atoms with Gasteiger partial charge in [-0.15, -0.1) is 0 Å². The highest BCUT2D eigenvalue weighted by molar-refractivity contribution is 6.35. The monoisotopic (exact) mass is 484 g/mol. The van der Waals surface area contributed by atoms with Gasteiger partial charge in [-0.25, -0.2) is 4.98 Å². The summed E-state index contributed by atoms with van der Waals surface area (Å²) in [5, 5.41) is 11.1. The molecule has 0 bridgehead atoms. The van der Waals surface area contributed by atoms with E-state index in [-0.39, 0.29) is 11.3 Å². The maximum absolute atomic E-state index is 13.6. The zero-order chi connectivity index (χ0) is 24.5. The quantitative estimate of drug-likeness (QED) is 0.378. The first-order valence-electron chi connectivity index (χ1n) is 11.0. The molecule has 0 saturated carbocycles. The number of aryl methyl sites for hydroxylation is 1. The van der Waals surface area contributed by atoms with Crippen LogP contribution in [0, 0.1) is 6.92 Å². The summed E-state index contributed by atoms with van der Waals surface area (Å²) in [4.78, 5) is 35.7. The predicted molar refractivity (Wildman–Crippen MR) is 135 cm³/mol. The van der Waals surface area contributed by atoms with Crippen LogP contribution in [0.25, 0.3) is 27.7 Å². The highest BCUT2D eigenvalue weighted by atomic mass is 35.5. The summed E-state index contributed by atoms with van der Waals surface area (Å²) < 4.78 is 1.58. The van der Waals surface area contributed by atoms with Crippen molar-refractivity contribution in [3.05, 3.63) is 106 Å². The number of aromatic nitrogens is 5. The van der Waals surface area contributed by atoms with Gasteiger partial charge in [-0.05, 0) is 43.5 Å². The first kappa shape index (κ1) is 22.5. The fourth-order valence-corrected chi connectivity index (χ4v) is 4.30. The molecule has 0 aliphatic heterocycles. The Morgan fingerprint density at radius 1 is 1.11 bits per heavy atom. The molecule has 3 aromatic heterocycles. The van der Waals surface area contributed by atoms with Crippen LogP contribution in [-0.2, 0) is 0 Å². The van der Waals surface area contributed by atoms with E-state index in [9.17, 15) is 9.59 Å². The van der Waals surface area contributed by atoms with E-state index in [0.29, 0.717) is 38.6 Å². The van der Waals surface area contributed by atoms with Crippen molar-refractivity contribution in [2.24, 2.45) is 0 Å². The summed E-state index contributed by atoms with van der Waals surface area (Å²) >= 11 is 6.39. The second-order valence-electron chi connectivity index (χ2n) is 8.12. The minimum Gasteiger partial charge on any atom is -0.343 e. The lowest BCUT2D eigenvalue weighted by molar-refractivity contribution is 0.0932. The molecule has 8 nitrogen and oxygen atoms in total. The van der Waals surface area contributed by atoms with Crippen LogP contribution in [-0.4, -0.2) is 30.6 Å². The maximum atomic E-state index is 13.6. The smallest absolute Gasteiger partial charge is 0.272 e. The van der Waals surface area contributed by atoms with Gasteiger partial charge in [-0.1, -0.05) is 41.9 Å². The third-order valence-corrected chi connectivity index (χ3v) is 6.11. The molecular formula is C26H21ClN6O2. The number of carbonyl (C=O) groups is 1. The summed E-state index contributed by atoms with van der Waals surface area (Å²) in [7, 11) is 0. The molecule has 3 heterocycles. The number of rotatable bonds is 5. The van der Waals surface area contributed by atoms with Gasteiger partial charge in [0, 0.05) is 23.1 Å². The van der Waals surface area contributed by atoms with E-state index < -0.39 is 11.9 Å². The largest absolute Gasteiger partial charge is 0.343 e. The molecule has 5 aromatic rings. The van der Waals surface area contributed by atoms with Crippen molar-refractivity contribution in [3.8, 4) is 16.9 Å². The van der Waals surface area contributed by atoms with E-state index in [0.717, 1.165) is 5.56 Å². The Morgan fingerprint density at radius 2 is 1.91 bits per heavy atom. The van der Waals surface area contributed by atoms with Crippen molar-refractivity contribution in [3.63, 3.8) is 0 Å². The number of halogens is 1. The van der Waals surface area contributed by atoms with Crippen LogP contribution in [0.3, 0.4) is 0 Å². The highest BCUT2D eigenvalue weighted by Gasteiger charge is 2.21. The zero-order valence-electron chi connectivity index (χ0n) is 19.0. The van der Waals surface area contributed by atoms with Crippen LogP contribution in [0.2, 0.25) is 5.02 Å². The van der Waals surface area contributed by atoms with Gasteiger partial charge in [-0.3, -0.25) is 24.2 Å². The molecule has 0 unspecified atom stereocenters. The third kappa shape index (κ3) is 4.20. The summed E-state index contributed by atoms with van der Waals surface area (Å²) in [5.74, 6) is -0.397. The number of benzene rings is 2. The van der Waals surface area contributed by atoms with E-state index >= 15 is 0 Å². The molecule has 0 aliphatic carbocycles. The second kappa shape index (κ2) is 9.15. The fourth-order valence-electron chi connectivity index (χ4n) is 4.04. The van der Waals surface area contributed by atoms with Gasteiger partial charge in [0.2, 0.25) is 0 Å². The number of hydrogen-bond acceptors (Lipinski definition) is 5. The maximum Gasteiger partial charge on any atom is 0.272 e.